The molecule has 0 radical (unpaired) electrons. The van der Waals surface area contributed by atoms with Crippen LogP contribution in [0.2, 0.25) is 0 Å². The highest BCUT2D eigenvalue weighted by Gasteiger charge is 2.16. The van der Waals surface area contributed by atoms with Crippen LogP contribution in [0.3, 0.4) is 0 Å². The summed E-state index contributed by atoms with van der Waals surface area (Å²) in [6.45, 7) is 0. The molecule has 47 heavy (non-hydrogen) atoms. The van der Waals surface area contributed by atoms with Gasteiger partial charge in [0.1, 0.15) is 0 Å². The Hall–Kier alpha value is -5.97. The number of fused-ring (bicyclic) bond motifs is 4. The molecule has 0 atom stereocenters. The molecular formula is C43H27N3S. The standard InChI is InChI=1S/C43H27N3S/c1-2-12-29(13-3-1)43-45-39(30-15-10-22-44-27-30)26-40(46-43)33-24-31(35-18-8-14-28-11-4-5-16-34(28)35)23-32(25-33)36-19-9-20-38-37-17-6-7-21-41(37)47-42(36)38/h1-27H. The van der Waals surface area contributed by atoms with Crippen molar-refractivity contribution in [1.82, 2.24) is 15.0 Å². The zero-order valence-electron chi connectivity index (χ0n) is 25.3. The van der Waals surface area contributed by atoms with Crippen molar-refractivity contribution < 1.29 is 0 Å². The van der Waals surface area contributed by atoms with E-state index in [-0.39, 0.29) is 0 Å². The molecular weight excluding hydrogens is 591 g/mol. The Morgan fingerprint density at radius 3 is 1.91 bits per heavy atom. The molecule has 220 valence electrons. The van der Waals surface area contributed by atoms with Gasteiger partial charge in [-0.25, -0.2) is 9.97 Å². The van der Waals surface area contributed by atoms with Crippen molar-refractivity contribution in [2.45, 2.75) is 0 Å². The second-order valence-corrected chi connectivity index (χ2v) is 12.7. The average Bonchev–Trinajstić information content (AvgIpc) is 3.54. The van der Waals surface area contributed by atoms with Crippen LogP contribution in [0.15, 0.2) is 164 Å². The third-order valence-corrected chi connectivity index (χ3v) is 9.98. The predicted molar refractivity (Wildman–Crippen MR) is 197 cm³/mol. The summed E-state index contributed by atoms with van der Waals surface area (Å²) in [6, 6.07) is 53.7. The number of pyridine rings is 1. The Balaban J connectivity index is 1.33. The summed E-state index contributed by atoms with van der Waals surface area (Å²) in [5.41, 5.74) is 9.38. The molecule has 0 saturated carbocycles. The Morgan fingerprint density at radius 2 is 1.06 bits per heavy atom. The minimum absolute atomic E-state index is 0.686. The molecule has 0 saturated heterocycles. The third kappa shape index (κ3) is 4.96. The molecule has 0 amide bonds. The van der Waals surface area contributed by atoms with Crippen molar-refractivity contribution in [1.29, 1.82) is 0 Å². The average molecular weight is 618 g/mol. The molecule has 3 aromatic heterocycles. The largest absolute Gasteiger partial charge is 0.264 e. The van der Waals surface area contributed by atoms with Gasteiger partial charge in [0.15, 0.2) is 5.82 Å². The molecule has 0 aliphatic carbocycles. The lowest BCUT2D eigenvalue weighted by molar-refractivity contribution is 1.18. The quantitative estimate of drug-likeness (QED) is 0.193. The van der Waals surface area contributed by atoms with Crippen LogP contribution in [-0.4, -0.2) is 15.0 Å². The summed E-state index contributed by atoms with van der Waals surface area (Å²) in [5.74, 6) is 0.686. The monoisotopic (exact) mass is 617 g/mol. The summed E-state index contributed by atoms with van der Waals surface area (Å²) < 4.78 is 2.59. The highest BCUT2D eigenvalue weighted by atomic mass is 32.1. The number of thiophene rings is 1. The van der Waals surface area contributed by atoms with E-state index >= 15 is 0 Å². The van der Waals surface area contributed by atoms with Crippen molar-refractivity contribution in [3.05, 3.63) is 164 Å². The van der Waals surface area contributed by atoms with Crippen molar-refractivity contribution in [3.63, 3.8) is 0 Å². The lowest BCUT2D eigenvalue weighted by Crippen LogP contribution is -1.97. The maximum absolute atomic E-state index is 5.20. The number of nitrogens with zero attached hydrogens (tertiary/aromatic N) is 3. The normalized spacial score (nSPS) is 11.4. The zero-order chi connectivity index (χ0) is 31.2. The number of hydrogen-bond donors (Lipinski definition) is 0. The van der Waals surface area contributed by atoms with E-state index in [0.717, 1.165) is 39.2 Å². The van der Waals surface area contributed by atoms with Crippen LogP contribution < -0.4 is 0 Å². The maximum Gasteiger partial charge on any atom is 0.160 e. The number of hydrogen-bond acceptors (Lipinski definition) is 4. The van der Waals surface area contributed by atoms with Crippen LogP contribution in [0.5, 0.6) is 0 Å². The Bertz CT molecular complexity index is 2510. The lowest BCUT2D eigenvalue weighted by atomic mass is 9.91. The Labute approximate surface area is 276 Å². The molecule has 9 aromatic rings. The topological polar surface area (TPSA) is 38.7 Å². The Morgan fingerprint density at radius 1 is 0.426 bits per heavy atom. The van der Waals surface area contributed by atoms with Crippen molar-refractivity contribution in [3.8, 4) is 56.2 Å². The lowest BCUT2D eigenvalue weighted by Gasteiger charge is -2.14. The number of aromatic nitrogens is 3. The van der Waals surface area contributed by atoms with Crippen LogP contribution in [0.4, 0.5) is 0 Å². The van der Waals surface area contributed by atoms with Crippen molar-refractivity contribution in [2.24, 2.45) is 0 Å². The van der Waals surface area contributed by atoms with Crippen LogP contribution >= 0.6 is 11.3 Å². The van der Waals surface area contributed by atoms with Gasteiger partial charge in [-0.05, 0) is 75.5 Å². The van der Waals surface area contributed by atoms with E-state index in [1.54, 1.807) is 6.20 Å². The van der Waals surface area contributed by atoms with Crippen LogP contribution in [0.25, 0.3) is 87.1 Å². The van der Waals surface area contributed by atoms with Crippen LogP contribution in [-0.2, 0) is 0 Å². The first kappa shape index (κ1) is 27.3. The summed E-state index contributed by atoms with van der Waals surface area (Å²) in [4.78, 5) is 14.6. The summed E-state index contributed by atoms with van der Waals surface area (Å²) in [6.07, 6.45) is 3.65. The van der Waals surface area contributed by atoms with Crippen LogP contribution in [0.1, 0.15) is 0 Å². The van der Waals surface area contributed by atoms with E-state index in [0.29, 0.717) is 5.82 Å². The van der Waals surface area contributed by atoms with E-state index in [9.17, 15) is 0 Å². The smallest absolute Gasteiger partial charge is 0.160 e. The minimum atomic E-state index is 0.686. The first-order valence-corrected chi connectivity index (χ1v) is 16.5. The summed E-state index contributed by atoms with van der Waals surface area (Å²) in [7, 11) is 0. The first-order chi connectivity index (χ1) is 23.3. The molecule has 3 heterocycles. The predicted octanol–water partition coefficient (Wildman–Crippen LogP) is 11.7. The molecule has 3 nitrogen and oxygen atoms in total. The minimum Gasteiger partial charge on any atom is -0.264 e. The van der Waals surface area contributed by atoms with Gasteiger partial charge in [0.05, 0.1) is 11.4 Å². The van der Waals surface area contributed by atoms with Crippen molar-refractivity contribution >= 4 is 42.3 Å². The van der Waals surface area contributed by atoms with Gasteiger partial charge >= 0.3 is 0 Å². The number of benzene rings is 6. The van der Waals surface area contributed by atoms with E-state index in [1.165, 1.54) is 42.1 Å². The fraction of sp³-hybridized carbons (Fsp3) is 0. The van der Waals surface area contributed by atoms with Gasteiger partial charge in [-0.3, -0.25) is 4.98 Å². The molecule has 0 aliphatic heterocycles. The fourth-order valence-corrected chi connectivity index (χ4v) is 7.75. The molecule has 9 rings (SSSR count). The van der Waals surface area contributed by atoms with E-state index < -0.39 is 0 Å². The van der Waals surface area contributed by atoms with E-state index in [4.69, 9.17) is 9.97 Å². The maximum atomic E-state index is 5.20. The molecule has 0 bridgehead atoms. The SMILES string of the molecule is c1ccc(-c2nc(-c3cccnc3)cc(-c3cc(-c4cccc5ccccc45)cc(-c4cccc5c4sc4ccccc45)c3)n2)cc1. The molecule has 4 heteroatoms. The van der Waals surface area contributed by atoms with E-state index in [1.807, 2.05) is 47.9 Å². The van der Waals surface area contributed by atoms with Gasteiger partial charge in [0.2, 0.25) is 0 Å². The molecule has 0 unspecified atom stereocenters. The summed E-state index contributed by atoms with van der Waals surface area (Å²) >= 11 is 1.86. The Kier molecular flexibility index (Phi) is 6.65. The van der Waals surface area contributed by atoms with Gasteiger partial charge < -0.3 is 0 Å². The van der Waals surface area contributed by atoms with E-state index in [2.05, 4.69) is 126 Å². The van der Waals surface area contributed by atoms with Gasteiger partial charge in [-0.1, -0.05) is 109 Å². The molecule has 0 aliphatic rings. The first-order valence-electron chi connectivity index (χ1n) is 15.7. The number of rotatable bonds is 5. The summed E-state index contributed by atoms with van der Waals surface area (Å²) in [5, 5.41) is 5.02. The molecule has 0 N–H and O–H groups in total. The highest BCUT2D eigenvalue weighted by Crippen LogP contribution is 2.42. The second kappa shape index (κ2) is 11.4. The van der Waals surface area contributed by atoms with Gasteiger partial charge in [0, 0.05) is 49.3 Å². The third-order valence-electron chi connectivity index (χ3n) is 8.76. The molecule has 0 spiro atoms. The van der Waals surface area contributed by atoms with Gasteiger partial charge in [-0.15, -0.1) is 11.3 Å². The fourth-order valence-electron chi connectivity index (χ4n) is 6.51. The zero-order valence-corrected chi connectivity index (χ0v) is 26.2. The van der Waals surface area contributed by atoms with Crippen LogP contribution in [0, 0.1) is 0 Å². The van der Waals surface area contributed by atoms with Crippen molar-refractivity contribution in [2.75, 3.05) is 0 Å². The van der Waals surface area contributed by atoms with Gasteiger partial charge in [-0.2, -0.15) is 0 Å². The highest BCUT2D eigenvalue weighted by molar-refractivity contribution is 7.26. The van der Waals surface area contributed by atoms with Gasteiger partial charge in [0.25, 0.3) is 0 Å². The second-order valence-electron chi connectivity index (χ2n) is 11.7. The molecule has 0 fully saturated rings. The molecule has 6 aromatic carbocycles.